The number of nitrogens with one attached hydrogen (secondary N) is 2. The summed E-state index contributed by atoms with van der Waals surface area (Å²) in [5.41, 5.74) is -0.939. The molecule has 0 aromatic rings. The second kappa shape index (κ2) is 7.99. The first-order valence-electron chi connectivity index (χ1n) is 6.53. The zero-order chi connectivity index (χ0) is 15.1. The average Bonchev–Trinajstić information content (AvgIpc) is 2.35. The summed E-state index contributed by atoms with van der Waals surface area (Å²) in [6.45, 7) is 7.90. The number of carboxylic acids is 1. The number of carboxylic acid groups (broad SMARTS) is 1. The normalized spacial score (nSPS) is 15.7. The number of amides is 2. The summed E-state index contributed by atoms with van der Waals surface area (Å²) in [4.78, 5) is 22.9. The van der Waals surface area contributed by atoms with Gasteiger partial charge in [0.15, 0.2) is 0 Å². The van der Waals surface area contributed by atoms with Gasteiger partial charge in [-0.1, -0.05) is 20.8 Å². The van der Waals surface area contributed by atoms with Crippen LogP contribution in [0.15, 0.2) is 0 Å². The van der Waals surface area contributed by atoms with E-state index in [1.807, 2.05) is 13.8 Å². The van der Waals surface area contributed by atoms with E-state index in [9.17, 15) is 9.59 Å². The highest BCUT2D eigenvalue weighted by molar-refractivity contribution is 5.77. The molecule has 0 aromatic carbocycles. The van der Waals surface area contributed by atoms with Gasteiger partial charge < -0.3 is 20.5 Å². The van der Waals surface area contributed by atoms with E-state index in [1.165, 1.54) is 0 Å². The summed E-state index contributed by atoms with van der Waals surface area (Å²) >= 11 is 0. The molecule has 19 heavy (non-hydrogen) atoms. The second-order valence-corrected chi connectivity index (χ2v) is 5.35. The average molecular weight is 274 g/mol. The Balaban J connectivity index is 4.34. The van der Waals surface area contributed by atoms with Crippen LogP contribution in [-0.2, 0) is 9.53 Å². The van der Waals surface area contributed by atoms with Crippen molar-refractivity contribution in [3.05, 3.63) is 0 Å². The van der Waals surface area contributed by atoms with E-state index in [0.717, 1.165) is 0 Å². The lowest BCUT2D eigenvalue weighted by Crippen LogP contribution is -2.50. The van der Waals surface area contributed by atoms with E-state index in [-0.39, 0.29) is 24.5 Å². The lowest BCUT2D eigenvalue weighted by Gasteiger charge is -2.25. The van der Waals surface area contributed by atoms with Gasteiger partial charge in [0.05, 0.1) is 18.1 Å². The fourth-order valence-corrected chi connectivity index (χ4v) is 1.43. The van der Waals surface area contributed by atoms with Crippen LogP contribution in [0.1, 0.15) is 34.1 Å². The molecule has 0 aromatic heterocycles. The molecule has 6 heteroatoms. The van der Waals surface area contributed by atoms with Crippen LogP contribution in [0, 0.1) is 11.3 Å². The summed E-state index contributed by atoms with van der Waals surface area (Å²) in [7, 11) is 1.58. The van der Waals surface area contributed by atoms with Gasteiger partial charge in [-0.15, -0.1) is 0 Å². The van der Waals surface area contributed by atoms with Crippen molar-refractivity contribution in [3.63, 3.8) is 0 Å². The fourth-order valence-electron chi connectivity index (χ4n) is 1.43. The highest BCUT2D eigenvalue weighted by Crippen LogP contribution is 2.19. The molecule has 3 N–H and O–H groups in total. The predicted octanol–water partition coefficient (Wildman–Crippen LogP) is 1.46. The van der Waals surface area contributed by atoms with Gasteiger partial charge in [0.1, 0.15) is 0 Å². The summed E-state index contributed by atoms with van der Waals surface area (Å²) in [6.07, 6.45) is 0.453. The number of carbonyl (C=O) groups excluding carboxylic acids is 1. The Hall–Kier alpha value is -1.30. The first-order chi connectivity index (χ1) is 8.76. The maximum absolute atomic E-state index is 11.7. The van der Waals surface area contributed by atoms with Crippen molar-refractivity contribution in [3.8, 4) is 0 Å². The Morgan fingerprint density at radius 3 is 2.32 bits per heavy atom. The van der Waals surface area contributed by atoms with Gasteiger partial charge >= 0.3 is 12.0 Å². The highest BCUT2D eigenvalue weighted by Gasteiger charge is 2.31. The van der Waals surface area contributed by atoms with Crippen LogP contribution in [0.4, 0.5) is 4.79 Å². The highest BCUT2D eigenvalue weighted by atomic mass is 16.5. The molecule has 0 fully saturated rings. The molecule has 0 rings (SSSR count). The molecule has 112 valence electrons. The molecule has 0 heterocycles. The number of rotatable bonds is 8. The molecule has 0 aliphatic carbocycles. The third kappa shape index (κ3) is 5.92. The molecule has 0 bridgehead atoms. The van der Waals surface area contributed by atoms with Crippen molar-refractivity contribution in [2.45, 2.75) is 40.2 Å². The third-order valence-electron chi connectivity index (χ3n) is 3.40. The van der Waals surface area contributed by atoms with Crippen molar-refractivity contribution in [2.24, 2.45) is 11.3 Å². The minimum Gasteiger partial charge on any atom is -0.481 e. The summed E-state index contributed by atoms with van der Waals surface area (Å²) in [5, 5.41) is 14.5. The first-order valence-corrected chi connectivity index (χ1v) is 6.53. The zero-order valence-corrected chi connectivity index (χ0v) is 12.4. The van der Waals surface area contributed by atoms with Crippen LogP contribution in [0.5, 0.6) is 0 Å². The molecule has 2 unspecified atom stereocenters. The monoisotopic (exact) mass is 274 g/mol. The number of hydrogen-bond donors (Lipinski definition) is 3. The zero-order valence-electron chi connectivity index (χ0n) is 12.4. The number of carbonyl (C=O) groups is 2. The Kier molecular flexibility index (Phi) is 7.44. The topological polar surface area (TPSA) is 87.7 Å². The maximum atomic E-state index is 11.7. The molecule has 0 aliphatic rings. The number of ether oxygens (including phenoxy) is 1. The SMILES string of the molecule is CCC(C)(CNC(=O)NC(COC)C(C)C)C(=O)O. The van der Waals surface area contributed by atoms with Crippen molar-refractivity contribution in [2.75, 3.05) is 20.3 Å². The minimum atomic E-state index is -0.939. The van der Waals surface area contributed by atoms with Crippen molar-refractivity contribution in [1.29, 1.82) is 0 Å². The van der Waals surface area contributed by atoms with Crippen LogP contribution in [0.2, 0.25) is 0 Å². The molecule has 0 saturated carbocycles. The third-order valence-corrected chi connectivity index (χ3v) is 3.40. The second-order valence-electron chi connectivity index (χ2n) is 5.35. The van der Waals surface area contributed by atoms with Crippen molar-refractivity contribution >= 4 is 12.0 Å². The predicted molar refractivity (Wildman–Crippen MR) is 73.1 cm³/mol. The Bertz CT molecular complexity index is 307. The number of urea groups is 1. The molecule has 2 amide bonds. The largest absolute Gasteiger partial charge is 0.481 e. The van der Waals surface area contributed by atoms with Gasteiger partial charge in [0, 0.05) is 13.7 Å². The van der Waals surface area contributed by atoms with E-state index in [1.54, 1.807) is 21.0 Å². The molecule has 0 spiro atoms. The number of hydrogen-bond acceptors (Lipinski definition) is 3. The number of aliphatic carboxylic acids is 1. The first kappa shape index (κ1) is 17.7. The van der Waals surface area contributed by atoms with Crippen molar-refractivity contribution < 1.29 is 19.4 Å². The van der Waals surface area contributed by atoms with Gasteiger partial charge in [0.2, 0.25) is 0 Å². The smallest absolute Gasteiger partial charge is 0.315 e. The van der Waals surface area contributed by atoms with E-state index in [2.05, 4.69) is 10.6 Å². The Morgan fingerprint density at radius 2 is 1.95 bits per heavy atom. The van der Waals surface area contributed by atoms with Gasteiger partial charge in [-0.3, -0.25) is 4.79 Å². The fraction of sp³-hybridized carbons (Fsp3) is 0.846. The van der Waals surface area contributed by atoms with Crippen molar-refractivity contribution in [1.82, 2.24) is 10.6 Å². The summed E-state index contributed by atoms with van der Waals surface area (Å²) < 4.78 is 5.03. The summed E-state index contributed by atoms with van der Waals surface area (Å²) in [5.74, 6) is -0.671. The van der Waals surface area contributed by atoms with Gasteiger partial charge in [-0.25, -0.2) is 4.79 Å². The van der Waals surface area contributed by atoms with Crippen LogP contribution < -0.4 is 10.6 Å². The van der Waals surface area contributed by atoms with Crippen LogP contribution in [0.25, 0.3) is 0 Å². The van der Waals surface area contributed by atoms with Crippen LogP contribution in [0.3, 0.4) is 0 Å². The Morgan fingerprint density at radius 1 is 1.37 bits per heavy atom. The van der Waals surface area contributed by atoms with Gasteiger partial charge in [0.25, 0.3) is 0 Å². The lowest BCUT2D eigenvalue weighted by atomic mass is 9.88. The molecular weight excluding hydrogens is 248 g/mol. The minimum absolute atomic E-state index is 0.0947. The standard InChI is InChI=1S/C13H26N2O4/c1-6-13(4,11(16)17)8-14-12(18)15-10(7-19-5)9(2)3/h9-10H,6-8H2,1-5H3,(H,16,17)(H2,14,15,18). The molecule has 0 saturated heterocycles. The van der Waals surface area contributed by atoms with E-state index in [4.69, 9.17) is 9.84 Å². The molecule has 2 atom stereocenters. The molecule has 6 nitrogen and oxygen atoms in total. The lowest BCUT2D eigenvalue weighted by molar-refractivity contribution is -0.147. The van der Waals surface area contributed by atoms with E-state index in [0.29, 0.717) is 13.0 Å². The molecule has 0 radical (unpaired) electrons. The number of methoxy groups -OCH3 is 1. The van der Waals surface area contributed by atoms with Gasteiger partial charge in [-0.05, 0) is 19.3 Å². The van der Waals surface area contributed by atoms with Crippen LogP contribution in [-0.4, -0.2) is 43.4 Å². The maximum Gasteiger partial charge on any atom is 0.315 e. The van der Waals surface area contributed by atoms with E-state index < -0.39 is 11.4 Å². The molecular formula is C13H26N2O4. The van der Waals surface area contributed by atoms with Gasteiger partial charge in [-0.2, -0.15) is 0 Å². The summed E-state index contributed by atoms with van der Waals surface area (Å²) in [6, 6.07) is -0.459. The van der Waals surface area contributed by atoms with E-state index >= 15 is 0 Å². The van der Waals surface area contributed by atoms with Crippen LogP contribution >= 0.6 is 0 Å². The Labute approximate surface area is 114 Å². The molecule has 0 aliphatic heterocycles. The quantitative estimate of drug-likeness (QED) is 0.625.